The summed E-state index contributed by atoms with van der Waals surface area (Å²) in [5.74, 6) is 0. The van der Waals surface area contributed by atoms with E-state index >= 15 is 0 Å². The number of hydrogen-bond acceptors (Lipinski definition) is 4. The molecule has 0 saturated carbocycles. The number of nitrogens with zero attached hydrogens (tertiary/aromatic N) is 1. The van der Waals surface area contributed by atoms with E-state index < -0.39 is 10.0 Å². The standard InChI is InChI=1S/C18H18N2O2S2/c1-13-5-6-16(10-14(13)2)24(21,22)20-12-15-7-8-19-17(11-15)18-4-3-9-23-18/h3-11,20H,12H2,1-2H3. The van der Waals surface area contributed by atoms with Gasteiger partial charge in [0.25, 0.3) is 0 Å². The van der Waals surface area contributed by atoms with Gasteiger partial charge in [0.05, 0.1) is 15.5 Å². The van der Waals surface area contributed by atoms with Crippen molar-refractivity contribution in [3.8, 4) is 10.6 Å². The largest absolute Gasteiger partial charge is 0.255 e. The number of thiophene rings is 1. The van der Waals surface area contributed by atoms with Crippen molar-refractivity contribution in [1.29, 1.82) is 0 Å². The molecule has 1 N–H and O–H groups in total. The van der Waals surface area contributed by atoms with Crippen molar-refractivity contribution < 1.29 is 8.42 Å². The Labute approximate surface area is 146 Å². The number of aryl methyl sites for hydroxylation is 2. The van der Waals surface area contributed by atoms with Crippen LogP contribution in [0.1, 0.15) is 16.7 Å². The van der Waals surface area contributed by atoms with Crippen LogP contribution in [0.3, 0.4) is 0 Å². The maximum Gasteiger partial charge on any atom is 0.240 e. The van der Waals surface area contributed by atoms with Crippen molar-refractivity contribution in [2.24, 2.45) is 0 Å². The third-order valence-corrected chi connectivity index (χ3v) is 6.14. The summed E-state index contributed by atoms with van der Waals surface area (Å²) < 4.78 is 27.6. The van der Waals surface area contributed by atoms with Crippen molar-refractivity contribution in [3.63, 3.8) is 0 Å². The first-order valence-electron chi connectivity index (χ1n) is 7.51. The first-order chi connectivity index (χ1) is 11.5. The summed E-state index contributed by atoms with van der Waals surface area (Å²) >= 11 is 1.61. The van der Waals surface area contributed by atoms with E-state index in [1.807, 2.05) is 49.6 Å². The Morgan fingerprint density at radius 1 is 1.08 bits per heavy atom. The van der Waals surface area contributed by atoms with E-state index in [4.69, 9.17) is 0 Å². The maximum absolute atomic E-state index is 12.5. The van der Waals surface area contributed by atoms with Crippen LogP contribution in [0.15, 0.2) is 58.9 Å². The summed E-state index contributed by atoms with van der Waals surface area (Å²) in [7, 11) is -3.53. The lowest BCUT2D eigenvalue weighted by molar-refractivity contribution is 0.581. The monoisotopic (exact) mass is 358 g/mol. The summed E-state index contributed by atoms with van der Waals surface area (Å²) in [5.41, 5.74) is 3.76. The number of aromatic nitrogens is 1. The molecular formula is C18H18N2O2S2. The summed E-state index contributed by atoms with van der Waals surface area (Å²) in [6, 6.07) is 12.8. The van der Waals surface area contributed by atoms with Gasteiger partial charge in [-0.15, -0.1) is 11.3 Å². The molecule has 24 heavy (non-hydrogen) atoms. The highest BCUT2D eigenvalue weighted by Gasteiger charge is 2.14. The van der Waals surface area contributed by atoms with Crippen molar-refractivity contribution >= 4 is 21.4 Å². The van der Waals surface area contributed by atoms with Gasteiger partial charge in [0.1, 0.15) is 0 Å². The lowest BCUT2D eigenvalue weighted by atomic mass is 10.1. The number of hydrogen-bond donors (Lipinski definition) is 1. The molecule has 0 spiro atoms. The average Bonchev–Trinajstić information content (AvgIpc) is 3.10. The third-order valence-electron chi connectivity index (χ3n) is 3.85. The van der Waals surface area contributed by atoms with Gasteiger partial charge in [-0.3, -0.25) is 4.98 Å². The van der Waals surface area contributed by atoms with Gasteiger partial charge >= 0.3 is 0 Å². The normalized spacial score (nSPS) is 11.6. The number of pyridine rings is 1. The van der Waals surface area contributed by atoms with Crippen LogP contribution in [-0.4, -0.2) is 13.4 Å². The minimum absolute atomic E-state index is 0.232. The van der Waals surface area contributed by atoms with Gasteiger partial charge in [-0.2, -0.15) is 0 Å². The molecule has 0 aliphatic heterocycles. The minimum Gasteiger partial charge on any atom is -0.255 e. The highest BCUT2D eigenvalue weighted by Crippen LogP contribution is 2.23. The van der Waals surface area contributed by atoms with E-state index in [1.54, 1.807) is 29.7 Å². The second-order valence-corrected chi connectivity index (χ2v) is 8.31. The minimum atomic E-state index is -3.53. The molecule has 0 aliphatic rings. The number of sulfonamides is 1. The zero-order valence-electron chi connectivity index (χ0n) is 13.5. The third kappa shape index (κ3) is 3.72. The molecule has 3 aromatic rings. The van der Waals surface area contributed by atoms with Crippen molar-refractivity contribution in [2.75, 3.05) is 0 Å². The topological polar surface area (TPSA) is 59.1 Å². The molecule has 0 unspecified atom stereocenters. The van der Waals surface area contributed by atoms with Crippen LogP contribution in [0.4, 0.5) is 0 Å². The molecule has 0 bridgehead atoms. The van der Waals surface area contributed by atoms with Crippen LogP contribution >= 0.6 is 11.3 Å². The van der Waals surface area contributed by atoms with Gasteiger partial charge in [0, 0.05) is 12.7 Å². The molecule has 0 saturated heterocycles. The second kappa shape index (κ2) is 6.84. The molecule has 0 atom stereocenters. The fraction of sp³-hybridized carbons (Fsp3) is 0.167. The molecule has 6 heteroatoms. The SMILES string of the molecule is Cc1ccc(S(=O)(=O)NCc2ccnc(-c3cccs3)c2)cc1C. The zero-order valence-corrected chi connectivity index (χ0v) is 15.1. The Hall–Kier alpha value is -2.02. The summed E-state index contributed by atoms with van der Waals surface area (Å²) in [6.07, 6.45) is 1.70. The van der Waals surface area contributed by atoms with E-state index in [0.29, 0.717) is 0 Å². The molecule has 3 rings (SSSR count). The second-order valence-electron chi connectivity index (χ2n) is 5.60. The maximum atomic E-state index is 12.5. The molecule has 124 valence electrons. The zero-order chi connectivity index (χ0) is 17.2. The van der Waals surface area contributed by atoms with Crippen LogP contribution in [0.5, 0.6) is 0 Å². The molecule has 0 fully saturated rings. The van der Waals surface area contributed by atoms with Crippen LogP contribution in [0.25, 0.3) is 10.6 Å². The summed E-state index contributed by atoms with van der Waals surface area (Å²) in [5, 5.41) is 1.99. The van der Waals surface area contributed by atoms with E-state index in [2.05, 4.69) is 9.71 Å². The van der Waals surface area contributed by atoms with Crippen LogP contribution in [0.2, 0.25) is 0 Å². The Kier molecular flexibility index (Phi) is 4.80. The van der Waals surface area contributed by atoms with Gasteiger partial charge in [-0.05, 0) is 66.2 Å². The molecule has 0 amide bonds. The van der Waals surface area contributed by atoms with Crippen molar-refractivity contribution in [2.45, 2.75) is 25.3 Å². The first-order valence-corrected chi connectivity index (χ1v) is 9.88. The molecule has 4 nitrogen and oxygen atoms in total. The predicted octanol–water partition coefficient (Wildman–Crippen LogP) is 3.91. The molecule has 2 heterocycles. The number of nitrogens with one attached hydrogen (secondary N) is 1. The summed E-state index contributed by atoms with van der Waals surface area (Å²) in [6.45, 7) is 4.10. The van der Waals surface area contributed by atoms with Gasteiger partial charge in [-0.25, -0.2) is 13.1 Å². The van der Waals surface area contributed by atoms with E-state index in [0.717, 1.165) is 27.3 Å². The Balaban J connectivity index is 1.77. The van der Waals surface area contributed by atoms with Gasteiger partial charge in [-0.1, -0.05) is 12.1 Å². The highest BCUT2D eigenvalue weighted by molar-refractivity contribution is 7.89. The van der Waals surface area contributed by atoms with Crippen molar-refractivity contribution in [3.05, 3.63) is 70.7 Å². The average molecular weight is 358 g/mol. The van der Waals surface area contributed by atoms with Crippen LogP contribution < -0.4 is 4.72 Å². The Morgan fingerprint density at radius 3 is 2.62 bits per heavy atom. The molecule has 1 aromatic carbocycles. The van der Waals surface area contributed by atoms with Gasteiger partial charge < -0.3 is 0 Å². The summed E-state index contributed by atoms with van der Waals surface area (Å²) in [4.78, 5) is 5.69. The molecule has 0 radical (unpaired) electrons. The van der Waals surface area contributed by atoms with E-state index in [9.17, 15) is 8.42 Å². The van der Waals surface area contributed by atoms with Crippen LogP contribution in [-0.2, 0) is 16.6 Å². The molecule has 2 aromatic heterocycles. The van der Waals surface area contributed by atoms with Gasteiger partial charge in [0.15, 0.2) is 0 Å². The predicted molar refractivity (Wildman–Crippen MR) is 97.5 cm³/mol. The lowest BCUT2D eigenvalue weighted by Crippen LogP contribution is -2.23. The van der Waals surface area contributed by atoms with Crippen molar-refractivity contribution in [1.82, 2.24) is 9.71 Å². The molecule has 0 aliphatic carbocycles. The smallest absolute Gasteiger partial charge is 0.240 e. The Morgan fingerprint density at radius 2 is 1.92 bits per heavy atom. The quantitative estimate of drug-likeness (QED) is 0.752. The Bertz CT molecular complexity index is 949. The molecular weight excluding hydrogens is 340 g/mol. The first kappa shape index (κ1) is 16.8. The fourth-order valence-corrected chi connectivity index (χ4v) is 4.08. The van der Waals surface area contributed by atoms with E-state index in [1.165, 1.54) is 0 Å². The van der Waals surface area contributed by atoms with Gasteiger partial charge in [0.2, 0.25) is 10.0 Å². The number of benzene rings is 1. The number of rotatable bonds is 5. The highest BCUT2D eigenvalue weighted by atomic mass is 32.2. The fourth-order valence-electron chi connectivity index (χ4n) is 2.29. The van der Waals surface area contributed by atoms with E-state index in [-0.39, 0.29) is 11.4 Å². The van der Waals surface area contributed by atoms with Crippen LogP contribution in [0, 0.1) is 13.8 Å². The lowest BCUT2D eigenvalue weighted by Gasteiger charge is -2.09.